The summed E-state index contributed by atoms with van der Waals surface area (Å²) in [4.78, 5) is 12.1. The van der Waals surface area contributed by atoms with Crippen molar-refractivity contribution in [2.75, 3.05) is 5.73 Å². The van der Waals surface area contributed by atoms with Gasteiger partial charge in [0.1, 0.15) is 0 Å². The molecule has 0 aromatic heterocycles. The Morgan fingerprint density at radius 3 is 2.78 bits per heavy atom. The van der Waals surface area contributed by atoms with Crippen molar-refractivity contribution in [3.8, 4) is 6.07 Å². The van der Waals surface area contributed by atoms with E-state index in [1.54, 1.807) is 19.1 Å². The van der Waals surface area contributed by atoms with Gasteiger partial charge in [-0.05, 0) is 50.3 Å². The topological polar surface area (TPSA) is 78.9 Å². The van der Waals surface area contributed by atoms with Crippen LogP contribution in [-0.2, 0) is 0 Å². The molecule has 1 aromatic carbocycles. The molecule has 2 rings (SSSR count). The van der Waals surface area contributed by atoms with Crippen LogP contribution in [0.2, 0.25) is 0 Å². The lowest BCUT2D eigenvalue weighted by Crippen LogP contribution is -2.34. The molecule has 1 atom stereocenters. The Hall–Kier alpha value is -2.02. The largest absolute Gasteiger partial charge is 0.398 e. The molecular formula is C14H17N3O. The first-order chi connectivity index (χ1) is 8.52. The Balaban J connectivity index is 2.23. The first kappa shape index (κ1) is 12.4. The van der Waals surface area contributed by atoms with Gasteiger partial charge in [0.25, 0.3) is 5.91 Å². The first-order valence-corrected chi connectivity index (χ1v) is 6.14. The van der Waals surface area contributed by atoms with Gasteiger partial charge in [-0.3, -0.25) is 4.79 Å². The molecule has 94 valence electrons. The second-order valence-electron chi connectivity index (χ2n) is 4.97. The molecule has 18 heavy (non-hydrogen) atoms. The number of nitrogens with zero attached hydrogens (tertiary/aromatic N) is 1. The summed E-state index contributed by atoms with van der Waals surface area (Å²) in [7, 11) is 0. The number of hydrogen-bond acceptors (Lipinski definition) is 3. The predicted molar refractivity (Wildman–Crippen MR) is 70.0 cm³/mol. The Morgan fingerprint density at radius 2 is 2.22 bits per heavy atom. The lowest BCUT2D eigenvalue weighted by Gasteiger charge is -2.15. The van der Waals surface area contributed by atoms with Crippen molar-refractivity contribution >= 4 is 11.6 Å². The predicted octanol–water partition coefficient (Wildman–Crippen LogP) is 1.98. The van der Waals surface area contributed by atoms with Gasteiger partial charge in [-0.25, -0.2) is 0 Å². The molecule has 1 fully saturated rings. The summed E-state index contributed by atoms with van der Waals surface area (Å²) < 4.78 is 0. The van der Waals surface area contributed by atoms with Gasteiger partial charge >= 0.3 is 0 Å². The summed E-state index contributed by atoms with van der Waals surface area (Å²) in [6.07, 6.45) is 2.35. The molecule has 4 heteroatoms. The quantitative estimate of drug-likeness (QED) is 0.797. The van der Waals surface area contributed by atoms with E-state index in [-0.39, 0.29) is 11.9 Å². The van der Waals surface area contributed by atoms with Crippen molar-refractivity contribution in [2.24, 2.45) is 5.92 Å². The third-order valence-corrected chi connectivity index (χ3v) is 3.45. The third-order valence-electron chi connectivity index (χ3n) is 3.45. The van der Waals surface area contributed by atoms with Crippen molar-refractivity contribution < 1.29 is 4.79 Å². The number of anilines is 1. The normalized spacial score (nSPS) is 15.8. The summed E-state index contributed by atoms with van der Waals surface area (Å²) in [6.45, 7) is 3.81. The molecule has 4 nitrogen and oxygen atoms in total. The van der Waals surface area contributed by atoms with Crippen molar-refractivity contribution in [1.82, 2.24) is 5.32 Å². The number of carbonyl (C=O) groups excluding carboxylic acids is 1. The van der Waals surface area contributed by atoms with Crippen molar-refractivity contribution in [3.05, 3.63) is 28.8 Å². The highest BCUT2D eigenvalue weighted by Crippen LogP contribution is 2.32. The molecular weight excluding hydrogens is 226 g/mol. The zero-order chi connectivity index (χ0) is 13.3. The number of hydrogen-bond donors (Lipinski definition) is 2. The minimum atomic E-state index is -0.188. The lowest BCUT2D eigenvalue weighted by molar-refractivity contribution is 0.0936. The van der Waals surface area contributed by atoms with E-state index < -0.39 is 0 Å². The van der Waals surface area contributed by atoms with E-state index in [2.05, 4.69) is 5.32 Å². The molecule has 0 radical (unpaired) electrons. The van der Waals surface area contributed by atoms with Crippen LogP contribution >= 0.6 is 0 Å². The number of carbonyl (C=O) groups is 1. The maximum Gasteiger partial charge on any atom is 0.253 e. The van der Waals surface area contributed by atoms with E-state index in [0.29, 0.717) is 22.7 Å². The van der Waals surface area contributed by atoms with Gasteiger partial charge < -0.3 is 11.1 Å². The maximum absolute atomic E-state index is 12.1. The molecule has 0 saturated heterocycles. The number of amides is 1. The van der Waals surface area contributed by atoms with Crippen LogP contribution in [0.25, 0.3) is 0 Å². The Bertz CT molecular complexity index is 527. The molecule has 0 aliphatic heterocycles. The fourth-order valence-corrected chi connectivity index (χ4v) is 2.05. The van der Waals surface area contributed by atoms with E-state index in [1.165, 1.54) is 12.8 Å². The molecule has 1 aliphatic carbocycles. The van der Waals surface area contributed by atoms with E-state index in [4.69, 9.17) is 11.0 Å². The molecule has 1 aliphatic rings. The van der Waals surface area contributed by atoms with E-state index >= 15 is 0 Å². The van der Waals surface area contributed by atoms with Crippen molar-refractivity contribution in [1.29, 1.82) is 5.26 Å². The van der Waals surface area contributed by atoms with Gasteiger partial charge in [-0.1, -0.05) is 0 Å². The molecule has 0 heterocycles. The van der Waals surface area contributed by atoms with Crippen LogP contribution in [0.4, 0.5) is 5.69 Å². The molecule has 1 unspecified atom stereocenters. The van der Waals surface area contributed by atoms with Gasteiger partial charge in [0.05, 0.1) is 17.2 Å². The second-order valence-corrected chi connectivity index (χ2v) is 4.97. The van der Waals surface area contributed by atoms with Gasteiger partial charge in [0.2, 0.25) is 0 Å². The van der Waals surface area contributed by atoms with E-state index in [9.17, 15) is 4.79 Å². The summed E-state index contributed by atoms with van der Waals surface area (Å²) in [5.74, 6) is 0.405. The van der Waals surface area contributed by atoms with Gasteiger partial charge in [0.15, 0.2) is 0 Å². The lowest BCUT2D eigenvalue weighted by atomic mass is 10.0. The fourth-order valence-electron chi connectivity index (χ4n) is 2.05. The standard InChI is InChI=1S/C14H17N3O/c1-8-5-10(7-15)6-12(13(8)16)14(18)17-9(2)11-3-4-11/h5-6,9,11H,3-4,16H2,1-2H3,(H,17,18). The highest BCUT2D eigenvalue weighted by molar-refractivity contribution is 6.00. The van der Waals surface area contributed by atoms with Gasteiger partial charge in [-0.2, -0.15) is 5.26 Å². The molecule has 0 bridgehead atoms. The zero-order valence-electron chi connectivity index (χ0n) is 10.7. The highest BCUT2D eigenvalue weighted by atomic mass is 16.1. The SMILES string of the molecule is Cc1cc(C#N)cc(C(=O)NC(C)C2CC2)c1N. The molecule has 1 aromatic rings. The van der Waals surface area contributed by atoms with Crippen LogP contribution < -0.4 is 11.1 Å². The van der Waals surface area contributed by atoms with Gasteiger partial charge in [-0.15, -0.1) is 0 Å². The van der Waals surface area contributed by atoms with Crippen LogP contribution in [-0.4, -0.2) is 11.9 Å². The molecule has 1 amide bonds. The third kappa shape index (κ3) is 2.45. The minimum Gasteiger partial charge on any atom is -0.398 e. The first-order valence-electron chi connectivity index (χ1n) is 6.14. The molecule has 3 N–H and O–H groups in total. The molecule has 1 saturated carbocycles. The zero-order valence-corrected chi connectivity index (χ0v) is 10.7. The van der Waals surface area contributed by atoms with Crippen LogP contribution in [0.15, 0.2) is 12.1 Å². The van der Waals surface area contributed by atoms with Crippen LogP contribution in [0, 0.1) is 24.2 Å². The average molecular weight is 243 g/mol. The smallest absolute Gasteiger partial charge is 0.253 e. The number of nitrogens with two attached hydrogens (primary N) is 1. The number of nitrogen functional groups attached to an aromatic ring is 1. The monoisotopic (exact) mass is 243 g/mol. The summed E-state index contributed by atoms with van der Waals surface area (Å²) >= 11 is 0. The Labute approximate surface area is 107 Å². The van der Waals surface area contributed by atoms with Crippen LogP contribution in [0.5, 0.6) is 0 Å². The van der Waals surface area contributed by atoms with Crippen LogP contribution in [0.1, 0.15) is 41.3 Å². The Morgan fingerprint density at radius 1 is 1.56 bits per heavy atom. The van der Waals surface area contributed by atoms with Crippen LogP contribution in [0.3, 0.4) is 0 Å². The highest BCUT2D eigenvalue weighted by Gasteiger charge is 2.29. The molecule has 0 spiro atoms. The van der Waals surface area contributed by atoms with Crippen molar-refractivity contribution in [3.63, 3.8) is 0 Å². The minimum absolute atomic E-state index is 0.169. The number of nitrogens with one attached hydrogen (secondary N) is 1. The number of benzene rings is 1. The van der Waals surface area contributed by atoms with E-state index in [0.717, 1.165) is 5.56 Å². The summed E-state index contributed by atoms with van der Waals surface area (Å²) in [6, 6.07) is 5.46. The number of rotatable bonds is 3. The summed E-state index contributed by atoms with van der Waals surface area (Å²) in [5, 5.41) is 11.9. The Kier molecular flexibility index (Phi) is 3.24. The number of nitriles is 1. The average Bonchev–Trinajstić information content (AvgIpc) is 3.16. The summed E-state index contributed by atoms with van der Waals surface area (Å²) in [5.41, 5.74) is 7.99. The number of aryl methyl sites for hydroxylation is 1. The maximum atomic E-state index is 12.1. The fraction of sp³-hybridized carbons (Fsp3) is 0.429. The second kappa shape index (κ2) is 4.69. The van der Waals surface area contributed by atoms with E-state index in [1.807, 2.05) is 13.0 Å². The van der Waals surface area contributed by atoms with Gasteiger partial charge in [0, 0.05) is 11.7 Å². The van der Waals surface area contributed by atoms with Crippen molar-refractivity contribution in [2.45, 2.75) is 32.7 Å².